The summed E-state index contributed by atoms with van der Waals surface area (Å²) in [6.07, 6.45) is -4.39. The van der Waals surface area contributed by atoms with Gasteiger partial charge < -0.3 is 10.1 Å². The molecule has 1 fully saturated rings. The highest BCUT2D eigenvalue weighted by Crippen LogP contribution is 2.53. The van der Waals surface area contributed by atoms with Crippen molar-refractivity contribution in [2.45, 2.75) is 67.3 Å². The number of ether oxygens (including phenoxy) is 1. The fourth-order valence-electron chi connectivity index (χ4n) is 4.14. The number of benzene rings is 2. The van der Waals surface area contributed by atoms with Gasteiger partial charge in [0, 0.05) is 10.9 Å². The summed E-state index contributed by atoms with van der Waals surface area (Å²) in [4.78, 5) is 25.7. The Morgan fingerprint density at radius 3 is 2.16 bits per heavy atom. The molecule has 202 valence electrons. The van der Waals surface area contributed by atoms with Gasteiger partial charge in [0.2, 0.25) is 5.91 Å². The molecule has 11 heteroatoms. The van der Waals surface area contributed by atoms with Crippen LogP contribution in [0, 0.1) is 5.92 Å². The van der Waals surface area contributed by atoms with E-state index in [9.17, 15) is 22.8 Å². The molecule has 0 spiro atoms. The normalized spacial score (nSPS) is 17.5. The molecular weight excluding hydrogens is 648 g/mol. The Labute approximate surface area is 236 Å². The molecule has 1 amide bonds. The van der Waals surface area contributed by atoms with Crippen molar-refractivity contribution in [3.63, 3.8) is 0 Å². The highest BCUT2D eigenvalue weighted by atomic mass is 127. The Balaban J connectivity index is 1.92. The van der Waals surface area contributed by atoms with Gasteiger partial charge in [0.25, 0.3) is 0 Å². The molecule has 37 heavy (non-hydrogen) atoms. The first-order chi connectivity index (χ1) is 17.0. The lowest BCUT2D eigenvalue weighted by Gasteiger charge is -2.27. The molecule has 0 bridgehead atoms. The molecule has 1 unspecified atom stereocenters. The number of nitrogens with one attached hydrogen (secondary N) is 1. The van der Waals surface area contributed by atoms with E-state index in [4.69, 9.17) is 27.9 Å². The summed E-state index contributed by atoms with van der Waals surface area (Å²) in [6.45, 7) is 4.31. The van der Waals surface area contributed by atoms with Crippen LogP contribution in [0.2, 0.25) is 10.0 Å². The summed E-state index contributed by atoms with van der Waals surface area (Å²) in [5.41, 5.74) is -1.09. The van der Waals surface area contributed by atoms with Crippen LogP contribution in [0.3, 0.4) is 0 Å². The van der Waals surface area contributed by atoms with Crippen molar-refractivity contribution >= 4 is 63.4 Å². The number of rotatable bonds is 9. The third-order valence-corrected chi connectivity index (χ3v) is 7.06. The number of alkyl halides is 5. The smallest absolute Gasteiger partial charge is 0.392 e. The average Bonchev–Trinajstić information content (AvgIpc) is 3.51. The molecule has 0 heterocycles. The van der Waals surface area contributed by atoms with Gasteiger partial charge in [0.1, 0.15) is 5.67 Å². The zero-order valence-electron chi connectivity index (χ0n) is 20.3. The monoisotopic (exact) mass is 673 g/mol. The van der Waals surface area contributed by atoms with Gasteiger partial charge in [-0.25, -0.2) is 4.39 Å². The Morgan fingerprint density at radius 2 is 1.65 bits per heavy atom. The van der Waals surface area contributed by atoms with Crippen LogP contribution in [-0.4, -0.2) is 27.3 Å². The molecule has 2 aromatic rings. The van der Waals surface area contributed by atoms with Crippen molar-refractivity contribution in [3.05, 3.63) is 63.6 Å². The third-order valence-electron chi connectivity index (χ3n) is 6.26. The SMILES string of the molecule is C[C@H]([C@H](C(=O)Nc1cc(C(CC(=O)OC(C)(C)I)C2(F)CC2)ccc1Cl)c1ccc(Cl)cc1)C(F)(F)F. The van der Waals surface area contributed by atoms with E-state index in [0.717, 1.165) is 6.92 Å². The van der Waals surface area contributed by atoms with Crippen LogP contribution in [0.5, 0.6) is 0 Å². The number of halogens is 7. The summed E-state index contributed by atoms with van der Waals surface area (Å²) >= 11 is 14.1. The molecule has 1 saturated carbocycles. The molecule has 0 radical (unpaired) electrons. The van der Waals surface area contributed by atoms with Gasteiger partial charge in [-0.1, -0.05) is 48.3 Å². The van der Waals surface area contributed by atoms with Crippen molar-refractivity contribution in [3.8, 4) is 0 Å². The van der Waals surface area contributed by atoms with Crippen molar-refractivity contribution in [2.75, 3.05) is 5.32 Å². The fourth-order valence-corrected chi connectivity index (χ4v) is 4.67. The standard InChI is InChI=1S/C26H26Cl2F4INO3/c1-14(26(30,31)32)22(15-4-7-17(27)8-5-15)23(36)34-20-12-16(6-9-19(20)28)18(25(29)10-11-25)13-21(35)37-24(2,3)33/h4-9,12,14,18,22H,10-11,13H2,1-3H3,(H,34,36)/t14-,18?,22+/m1/s1. The van der Waals surface area contributed by atoms with Crippen LogP contribution in [0.15, 0.2) is 42.5 Å². The predicted molar refractivity (Wildman–Crippen MR) is 144 cm³/mol. The molecule has 3 rings (SSSR count). The molecule has 0 saturated heterocycles. The average molecular weight is 674 g/mol. The predicted octanol–water partition coefficient (Wildman–Crippen LogP) is 8.60. The number of hydrogen-bond acceptors (Lipinski definition) is 3. The van der Waals surface area contributed by atoms with Gasteiger partial charge >= 0.3 is 12.1 Å². The first-order valence-electron chi connectivity index (χ1n) is 11.5. The molecule has 3 atom stereocenters. The number of amides is 1. The van der Waals surface area contributed by atoms with E-state index >= 15 is 4.39 Å². The van der Waals surface area contributed by atoms with Crippen LogP contribution in [0.25, 0.3) is 0 Å². The maximum atomic E-state index is 15.3. The summed E-state index contributed by atoms with van der Waals surface area (Å²) in [6, 6.07) is 9.91. The third kappa shape index (κ3) is 7.95. The van der Waals surface area contributed by atoms with Crippen LogP contribution >= 0.6 is 45.8 Å². The number of anilines is 1. The van der Waals surface area contributed by atoms with Gasteiger partial charge in [-0.2, -0.15) is 13.2 Å². The van der Waals surface area contributed by atoms with E-state index in [0.29, 0.717) is 10.6 Å². The minimum absolute atomic E-state index is 0.0225. The van der Waals surface area contributed by atoms with E-state index in [1.807, 2.05) is 22.6 Å². The molecule has 0 aromatic heterocycles. The van der Waals surface area contributed by atoms with E-state index in [-0.39, 0.29) is 35.5 Å². The molecule has 4 nitrogen and oxygen atoms in total. The molecule has 2 aromatic carbocycles. The molecule has 1 aliphatic carbocycles. The topological polar surface area (TPSA) is 55.4 Å². The van der Waals surface area contributed by atoms with Gasteiger partial charge in [0.05, 0.1) is 29.0 Å². The second-order valence-electron chi connectivity index (χ2n) is 9.72. The maximum absolute atomic E-state index is 15.3. The fraction of sp³-hybridized carbons (Fsp3) is 0.462. The summed E-state index contributed by atoms with van der Waals surface area (Å²) < 4.78 is 60.9. The number of carbonyl (C=O) groups excluding carboxylic acids is 2. The van der Waals surface area contributed by atoms with Crippen molar-refractivity contribution in [1.82, 2.24) is 0 Å². The van der Waals surface area contributed by atoms with Crippen LogP contribution < -0.4 is 5.32 Å². The minimum Gasteiger partial charge on any atom is -0.449 e. The van der Waals surface area contributed by atoms with Crippen LogP contribution in [0.1, 0.15) is 63.0 Å². The molecular formula is C26H26Cl2F4INO3. The van der Waals surface area contributed by atoms with Crippen molar-refractivity contribution in [2.24, 2.45) is 5.92 Å². The Morgan fingerprint density at radius 1 is 1.08 bits per heavy atom. The van der Waals surface area contributed by atoms with Gasteiger partial charge in [0.15, 0.2) is 3.61 Å². The maximum Gasteiger partial charge on any atom is 0.392 e. The lowest BCUT2D eigenvalue weighted by Crippen LogP contribution is -2.34. The zero-order chi connectivity index (χ0) is 27.8. The first kappa shape index (κ1) is 30.0. The van der Waals surface area contributed by atoms with Gasteiger partial charge in [-0.3, -0.25) is 9.59 Å². The number of hydrogen-bond donors (Lipinski definition) is 1. The first-order valence-corrected chi connectivity index (χ1v) is 13.4. The number of carbonyl (C=O) groups is 2. The lowest BCUT2D eigenvalue weighted by molar-refractivity contribution is -0.178. The Bertz CT molecular complexity index is 1150. The summed E-state index contributed by atoms with van der Waals surface area (Å²) in [7, 11) is 0. The lowest BCUT2D eigenvalue weighted by atomic mass is 9.85. The largest absolute Gasteiger partial charge is 0.449 e. The summed E-state index contributed by atoms with van der Waals surface area (Å²) in [5.74, 6) is -6.00. The second kappa shape index (κ2) is 11.3. The molecule has 1 N–H and O–H groups in total. The summed E-state index contributed by atoms with van der Waals surface area (Å²) in [5, 5.41) is 2.87. The quantitative estimate of drug-likeness (QED) is 0.126. The number of esters is 1. The van der Waals surface area contributed by atoms with E-state index in [1.54, 1.807) is 19.9 Å². The van der Waals surface area contributed by atoms with E-state index < -0.39 is 45.1 Å². The molecule has 0 aliphatic heterocycles. The second-order valence-corrected chi connectivity index (χ2v) is 13.2. The zero-order valence-corrected chi connectivity index (χ0v) is 23.9. The molecule has 1 aliphatic rings. The van der Waals surface area contributed by atoms with E-state index in [1.165, 1.54) is 36.4 Å². The van der Waals surface area contributed by atoms with E-state index in [2.05, 4.69) is 5.32 Å². The van der Waals surface area contributed by atoms with Crippen molar-refractivity contribution in [1.29, 1.82) is 0 Å². The highest BCUT2D eigenvalue weighted by molar-refractivity contribution is 14.1. The minimum atomic E-state index is -4.65. The van der Waals surface area contributed by atoms with Crippen LogP contribution in [0.4, 0.5) is 23.2 Å². The Hall–Kier alpha value is -1.59. The highest BCUT2D eigenvalue weighted by Gasteiger charge is 2.52. The van der Waals surface area contributed by atoms with Crippen LogP contribution in [-0.2, 0) is 14.3 Å². The Kier molecular flexibility index (Phi) is 9.12. The van der Waals surface area contributed by atoms with Gasteiger partial charge in [-0.05, 0) is 84.7 Å². The van der Waals surface area contributed by atoms with Crippen molar-refractivity contribution < 1.29 is 31.9 Å². The van der Waals surface area contributed by atoms with Gasteiger partial charge in [-0.15, -0.1) is 0 Å².